The van der Waals surface area contributed by atoms with E-state index in [0.29, 0.717) is 30.8 Å². The number of hydrogen-bond donors (Lipinski definition) is 1. The lowest BCUT2D eigenvalue weighted by atomic mass is 9.75. The highest BCUT2D eigenvalue weighted by atomic mass is 32.2. The minimum atomic E-state index is -0.464. The average Bonchev–Trinajstić information content (AvgIpc) is 2.74. The van der Waals surface area contributed by atoms with Crippen molar-refractivity contribution in [2.45, 2.75) is 52.4 Å². The number of ketones is 1. The number of nitrogens with one attached hydrogen (secondary N) is 1. The monoisotopic (exact) mass is 429 g/mol. The van der Waals surface area contributed by atoms with Crippen LogP contribution >= 0.6 is 11.8 Å². The van der Waals surface area contributed by atoms with E-state index in [1.165, 1.54) is 0 Å². The summed E-state index contributed by atoms with van der Waals surface area (Å²) < 4.78 is 11.6. The van der Waals surface area contributed by atoms with E-state index in [2.05, 4.69) is 19.2 Å². The van der Waals surface area contributed by atoms with Crippen LogP contribution in [0, 0.1) is 0 Å². The van der Waals surface area contributed by atoms with Crippen LogP contribution in [0.25, 0.3) is 0 Å². The van der Waals surface area contributed by atoms with Crippen molar-refractivity contribution in [3.63, 3.8) is 0 Å². The lowest BCUT2D eigenvalue weighted by Crippen LogP contribution is -2.34. The van der Waals surface area contributed by atoms with E-state index in [9.17, 15) is 9.59 Å². The summed E-state index contributed by atoms with van der Waals surface area (Å²) in [5, 5.41) is 3.34. The van der Waals surface area contributed by atoms with Crippen LogP contribution < -0.4 is 10.1 Å². The SMILES string of the molecule is CCCOc1ccccc1[C@@H]1C(C(=O)OCCSCC)=C(C)NC2=C1C(=O)CCC2. The molecule has 162 valence electrons. The van der Waals surface area contributed by atoms with E-state index in [0.717, 1.165) is 53.5 Å². The van der Waals surface area contributed by atoms with Crippen molar-refractivity contribution in [3.05, 3.63) is 52.4 Å². The number of Topliss-reactive ketones (excluding diaryl/α,β-unsaturated/α-hetero) is 1. The van der Waals surface area contributed by atoms with Gasteiger partial charge in [0, 0.05) is 34.7 Å². The van der Waals surface area contributed by atoms with Crippen molar-refractivity contribution in [2.24, 2.45) is 0 Å². The Morgan fingerprint density at radius 3 is 2.77 bits per heavy atom. The molecule has 0 saturated heterocycles. The number of dihydropyridines is 1. The normalized spacial score (nSPS) is 18.8. The van der Waals surface area contributed by atoms with Gasteiger partial charge >= 0.3 is 5.97 Å². The average molecular weight is 430 g/mol. The molecule has 0 spiro atoms. The summed E-state index contributed by atoms with van der Waals surface area (Å²) in [4.78, 5) is 26.2. The van der Waals surface area contributed by atoms with Crippen LogP contribution in [0.2, 0.25) is 0 Å². The van der Waals surface area contributed by atoms with Gasteiger partial charge in [-0.1, -0.05) is 32.0 Å². The lowest BCUT2D eigenvalue weighted by Gasteiger charge is -2.34. The second kappa shape index (κ2) is 10.7. The van der Waals surface area contributed by atoms with Gasteiger partial charge in [-0.2, -0.15) is 11.8 Å². The maximum absolute atomic E-state index is 13.2. The Labute approximate surface area is 183 Å². The summed E-state index contributed by atoms with van der Waals surface area (Å²) in [6.45, 7) is 6.96. The first-order valence-electron chi connectivity index (χ1n) is 10.8. The quantitative estimate of drug-likeness (QED) is 0.452. The highest BCUT2D eigenvalue weighted by molar-refractivity contribution is 7.99. The van der Waals surface area contributed by atoms with Gasteiger partial charge in [-0.3, -0.25) is 4.79 Å². The number of allylic oxidation sites excluding steroid dienone is 3. The minimum Gasteiger partial charge on any atom is -0.493 e. The molecule has 5 nitrogen and oxygen atoms in total. The number of ether oxygens (including phenoxy) is 2. The summed E-state index contributed by atoms with van der Waals surface area (Å²) in [6, 6.07) is 7.72. The van der Waals surface area contributed by atoms with Crippen LogP contribution in [0.4, 0.5) is 0 Å². The molecule has 1 aliphatic heterocycles. The minimum absolute atomic E-state index is 0.0957. The second-order valence-electron chi connectivity index (χ2n) is 7.48. The molecule has 30 heavy (non-hydrogen) atoms. The Balaban J connectivity index is 2.03. The van der Waals surface area contributed by atoms with Gasteiger partial charge in [0.15, 0.2) is 5.78 Å². The van der Waals surface area contributed by atoms with Crippen molar-refractivity contribution >= 4 is 23.5 Å². The molecular formula is C24H31NO4S. The second-order valence-corrected chi connectivity index (χ2v) is 8.88. The van der Waals surface area contributed by atoms with E-state index in [1.807, 2.05) is 31.2 Å². The molecule has 1 atom stereocenters. The third kappa shape index (κ3) is 4.91. The Morgan fingerprint density at radius 2 is 2.00 bits per heavy atom. The number of benzene rings is 1. The zero-order chi connectivity index (χ0) is 21.5. The third-order valence-corrected chi connectivity index (χ3v) is 6.22. The van der Waals surface area contributed by atoms with Crippen molar-refractivity contribution in [1.29, 1.82) is 0 Å². The molecule has 1 aliphatic carbocycles. The smallest absolute Gasteiger partial charge is 0.336 e. The van der Waals surface area contributed by atoms with Gasteiger partial charge in [-0.15, -0.1) is 0 Å². The van der Waals surface area contributed by atoms with Crippen molar-refractivity contribution in [2.75, 3.05) is 24.7 Å². The highest BCUT2D eigenvalue weighted by Crippen LogP contribution is 2.45. The molecule has 0 unspecified atom stereocenters. The molecule has 1 heterocycles. The number of esters is 1. The van der Waals surface area contributed by atoms with Crippen LogP contribution in [0.1, 0.15) is 57.9 Å². The van der Waals surface area contributed by atoms with Crippen molar-refractivity contribution in [1.82, 2.24) is 5.32 Å². The van der Waals surface area contributed by atoms with Gasteiger partial charge in [-0.05, 0) is 38.0 Å². The zero-order valence-electron chi connectivity index (χ0n) is 18.1. The predicted octanol–water partition coefficient (Wildman–Crippen LogP) is 4.74. The number of rotatable bonds is 9. The molecular weight excluding hydrogens is 398 g/mol. The molecule has 0 aromatic heterocycles. The Hall–Kier alpha value is -2.21. The Bertz CT molecular complexity index is 859. The summed E-state index contributed by atoms with van der Waals surface area (Å²) in [6.07, 6.45) is 3.02. The fraction of sp³-hybridized carbons (Fsp3) is 0.500. The van der Waals surface area contributed by atoms with Gasteiger partial charge in [0.2, 0.25) is 0 Å². The van der Waals surface area contributed by atoms with Gasteiger partial charge in [0.1, 0.15) is 12.4 Å². The largest absolute Gasteiger partial charge is 0.493 e. The molecule has 6 heteroatoms. The first-order chi connectivity index (χ1) is 14.6. The fourth-order valence-electron chi connectivity index (χ4n) is 4.04. The molecule has 0 amide bonds. The van der Waals surface area contributed by atoms with E-state index in [1.54, 1.807) is 11.8 Å². The molecule has 0 bridgehead atoms. The zero-order valence-corrected chi connectivity index (χ0v) is 18.9. The molecule has 3 rings (SSSR count). The molecule has 1 aromatic rings. The maximum Gasteiger partial charge on any atom is 0.336 e. The van der Waals surface area contributed by atoms with Gasteiger partial charge in [0.25, 0.3) is 0 Å². The summed E-state index contributed by atoms with van der Waals surface area (Å²) in [5.74, 6) is 1.73. The Morgan fingerprint density at radius 1 is 1.20 bits per heavy atom. The topological polar surface area (TPSA) is 64.6 Å². The predicted molar refractivity (Wildman–Crippen MR) is 121 cm³/mol. The maximum atomic E-state index is 13.2. The third-order valence-electron chi connectivity index (χ3n) is 5.35. The lowest BCUT2D eigenvalue weighted by molar-refractivity contribution is -0.138. The molecule has 0 saturated carbocycles. The van der Waals surface area contributed by atoms with Crippen LogP contribution in [0.15, 0.2) is 46.8 Å². The summed E-state index contributed by atoms with van der Waals surface area (Å²) >= 11 is 1.73. The molecule has 1 N–H and O–H groups in total. The van der Waals surface area contributed by atoms with E-state index < -0.39 is 5.92 Å². The number of thioether (sulfide) groups is 1. The van der Waals surface area contributed by atoms with Crippen molar-refractivity contribution in [3.8, 4) is 5.75 Å². The van der Waals surface area contributed by atoms with E-state index in [-0.39, 0.29) is 11.8 Å². The van der Waals surface area contributed by atoms with Crippen molar-refractivity contribution < 1.29 is 19.1 Å². The molecule has 1 aromatic carbocycles. The van der Waals surface area contributed by atoms with Gasteiger partial charge in [-0.25, -0.2) is 4.79 Å². The first kappa shape index (κ1) is 22.5. The van der Waals surface area contributed by atoms with Crippen LogP contribution in [0.3, 0.4) is 0 Å². The number of carbonyl (C=O) groups excluding carboxylic acids is 2. The molecule has 2 aliphatic rings. The molecule has 0 fully saturated rings. The number of hydrogen-bond acceptors (Lipinski definition) is 6. The van der Waals surface area contributed by atoms with Crippen LogP contribution in [-0.4, -0.2) is 36.5 Å². The summed E-state index contributed by atoms with van der Waals surface area (Å²) in [5.41, 5.74) is 3.74. The van der Waals surface area contributed by atoms with Crippen LogP contribution in [-0.2, 0) is 14.3 Å². The number of para-hydroxylation sites is 1. The van der Waals surface area contributed by atoms with Crippen LogP contribution in [0.5, 0.6) is 5.75 Å². The highest BCUT2D eigenvalue weighted by Gasteiger charge is 2.40. The van der Waals surface area contributed by atoms with Gasteiger partial charge in [0.05, 0.1) is 18.1 Å². The fourth-order valence-corrected chi connectivity index (χ4v) is 4.53. The van der Waals surface area contributed by atoms with E-state index in [4.69, 9.17) is 9.47 Å². The Kier molecular flexibility index (Phi) is 8.02. The van der Waals surface area contributed by atoms with Gasteiger partial charge < -0.3 is 14.8 Å². The first-order valence-corrected chi connectivity index (χ1v) is 11.9. The summed E-state index contributed by atoms with van der Waals surface area (Å²) in [7, 11) is 0. The standard InChI is InChI=1S/C24H31NO4S/c1-4-13-28-20-12-7-6-9-17(20)22-21(24(27)29-14-15-30-5-2)16(3)25-18-10-8-11-19(26)23(18)22/h6-7,9,12,22,25H,4-5,8,10-11,13-15H2,1-3H3/t22-/m1/s1. The number of carbonyl (C=O) groups is 2. The van der Waals surface area contributed by atoms with E-state index >= 15 is 0 Å². The molecule has 0 radical (unpaired) electrons.